The van der Waals surface area contributed by atoms with Crippen molar-refractivity contribution >= 4 is 46.4 Å². The molecular weight excluding hydrogens is 270 g/mol. The molecule has 2 aromatic heterocycles. The van der Waals surface area contributed by atoms with Gasteiger partial charge in [0.25, 0.3) is 0 Å². The van der Waals surface area contributed by atoms with E-state index in [4.69, 9.17) is 34.8 Å². The molecule has 16 heavy (non-hydrogen) atoms. The van der Waals surface area contributed by atoms with Gasteiger partial charge in [-0.25, -0.2) is 4.98 Å². The van der Waals surface area contributed by atoms with Gasteiger partial charge in [0.1, 0.15) is 5.15 Å². The van der Waals surface area contributed by atoms with Crippen molar-refractivity contribution in [1.29, 1.82) is 0 Å². The van der Waals surface area contributed by atoms with Crippen LogP contribution in [0.1, 0.15) is 0 Å². The number of rotatable bonds is 2. The van der Waals surface area contributed by atoms with Gasteiger partial charge in [0.2, 0.25) is 0 Å². The van der Waals surface area contributed by atoms with Gasteiger partial charge in [0.15, 0.2) is 11.6 Å². The van der Waals surface area contributed by atoms with Crippen molar-refractivity contribution < 1.29 is 0 Å². The number of nitrogens with zero attached hydrogens (tertiary/aromatic N) is 3. The van der Waals surface area contributed by atoms with Gasteiger partial charge in [-0.3, -0.25) is 4.68 Å². The first kappa shape index (κ1) is 11.5. The Balaban J connectivity index is 2.31. The van der Waals surface area contributed by atoms with Gasteiger partial charge >= 0.3 is 0 Å². The zero-order valence-electron chi connectivity index (χ0n) is 8.21. The fourth-order valence-corrected chi connectivity index (χ4v) is 1.68. The molecule has 0 fully saturated rings. The van der Waals surface area contributed by atoms with Crippen molar-refractivity contribution in [3.05, 3.63) is 33.5 Å². The van der Waals surface area contributed by atoms with Gasteiger partial charge in [-0.2, -0.15) is 5.10 Å². The molecule has 0 atom stereocenters. The van der Waals surface area contributed by atoms with Gasteiger partial charge in [-0.05, 0) is 6.07 Å². The van der Waals surface area contributed by atoms with E-state index in [1.807, 2.05) is 7.05 Å². The lowest BCUT2D eigenvalue weighted by Crippen LogP contribution is -1.97. The van der Waals surface area contributed by atoms with E-state index in [-0.39, 0.29) is 5.15 Å². The fraction of sp³-hybridized carbons (Fsp3) is 0.111. The fourth-order valence-electron chi connectivity index (χ4n) is 1.13. The van der Waals surface area contributed by atoms with Crippen molar-refractivity contribution in [2.75, 3.05) is 5.32 Å². The highest BCUT2D eigenvalue weighted by Crippen LogP contribution is 2.30. The van der Waals surface area contributed by atoms with Gasteiger partial charge in [0.05, 0.1) is 10.0 Å². The SMILES string of the molecule is Cn1ccc(Nc2nc(Cl)c(Cl)cc2Cl)n1. The van der Waals surface area contributed by atoms with Crippen LogP contribution in [-0.2, 0) is 7.05 Å². The van der Waals surface area contributed by atoms with E-state index in [1.54, 1.807) is 16.9 Å². The molecule has 0 radical (unpaired) electrons. The maximum absolute atomic E-state index is 5.96. The number of hydrogen-bond donors (Lipinski definition) is 1. The number of aryl methyl sites for hydroxylation is 1. The number of halogens is 3. The lowest BCUT2D eigenvalue weighted by atomic mass is 10.4. The molecule has 0 aliphatic rings. The third kappa shape index (κ3) is 2.40. The van der Waals surface area contributed by atoms with E-state index in [2.05, 4.69) is 15.4 Å². The lowest BCUT2D eigenvalue weighted by molar-refractivity contribution is 0.771. The Bertz CT molecular complexity index is 523. The summed E-state index contributed by atoms with van der Waals surface area (Å²) < 4.78 is 1.66. The normalized spacial score (nSPS) is 10.5. The van der Waals surface area contributed by atoms with E-state index in [9.17, 15) is 0 Å². The highest BCUT2D eigenvalue weighted by Gasteiger charge is 2.08. The highest BCUT2D eigenvalue weighted by atomic mass is 35.5. The number of pyridine rings is 1. The first-order chi connectivity index (χ1) is 7.56. The highest BCUT2D eigenvalue weighted by molar-refractivity contribution is 6.42. The molecule has 84 valence electrons. The van der Waals surface area contributed by atoms with E-state index in [0.29, 0.717) is 21.7 Å². The smallest absolute Gasteiger partial charge is 0.153 e. The summed E-state index contributed by atoms with van der Waals surface area (Å²) in [5.74, 6) is 1.06. The lowest BCUT2D eigenvalue weighted by Gasteiger charge is -2.05. The number of hydrogen-bond acceptors (Lipinski definition) is 3. The molecule has 0 spiro atoms. The van der Waals surface area contributed by atoms with Crippen LogP contribution >= 0.6 is 34.8 Å². The van der Waals surface area contributed by atoms with Gasteiger partial charge in [-0.1, -0.05) is 34.8 Å². The molecule has 2 rings (SSSR count). The minimum atomic E-state index is 0.199. The Labute approximate surface area is 107 Å². The second-order valence-electron chi connectivity index (χ2n) is 3.09. The third-order valence-corrected chi connectivity index (χ3v) is 2.81. The first-order valence-electron chi connectivity index (χ1n) is 4.34. The largest absolute Gasteiger partial charge is 0.322 e. The summed E-state index contributed by atoms with van der Waals surface area (Å²) in [5, 5.41) is 7.98. The standard InChI is InChI=1S/C9H7Cl3N4/c1-16-3-2-7(15-16)13-9-6(11)4-5(10)8(12)14-9/h2-4H,1H3,(H,13,14,15). The molecule has 7 heteroatoms. The van der Waals surface area contributed by atoms with Gasteiger partial charge in [-0.15, -0.1) is 0 Å². The second kappa shape index (κ2) is 4.49. The maximum Gasteiger partial charge on any atom is 0.153 e. The molecule has 0 unspecified atom stereocenters. The monoisotopic (exact) mass is 276 g/mol. The summed E-state index contributed by atoms with van der Waals surface area (Å²) in [5.41, 5.74) is 0. The van der Waals surface area contributed by atoms with Crippen LogP contribution in [0.2, 0.25) is 15.2 Å². The minimum Gasteiger partial charge on any atom is -0.322 e. The van der Waals surface area contributed by atoms with Crippen molar-refractivity contribution in [2.24, 2.45) is 7.05 Å². The Hall–Kier alpha value is -0.970. The molecule has 0 amide bonds. The van der Waals surface area contributed by atoms with E-state index < -0.39 is 0 Å². The van der Waals surface area contributed by atoms with Crippen LogP contribution in [0.15, 0.2) is 18.3 Å². The maximum atomic E-state index is 5.96. The molecule has 0 saturated heterocycles. The molecule has 0 bridgehead atoms. The van der Waals surface area contributed by atoms with Crippen LogP contribution in [0.25, 0.3) is 0 Å². The average molecular weight is 278 g/mol. The Morgan fingerprint density at radius 3 is 2.62 bits per heavy atom. The van der Waals surface area contributed by atoms with E-state index in [1.165, 1.54) is 6.07 Å². The molecule has 2 heterocycles. The Morgan fingerprint density at radius 2 is 2.00 bits per heavy atom. The number of aromatic nitrogens is 3. The summed E-state index contributed by atoms with van der Waals surface area (Å²) in [6, 6.07) is 3.32. The molecule has 0 saturated carbocycles. The quantitative estimate of drug-likeness (QED) is 0.854. The van der Waals surface area contributed by atoms with Crippen LogP contribution in [0.3, 0.4) is 0 Å². The summed E-state index contributed by atoms with van der Waals surface area (Å²) in [7, 11) is 1.81. The van der Waals surface area contributed by atoms with Crippen LogP contribution in [0.4, 0.5) is 11.6 Å². The van der Waals surface area contributed by atoms with Crippen LogP contribution < -0.4 is 5.32 Å². The predicted molar refractivity (Wildman–Crippen MR) is 65.8 cm³/mol. The average Bonchev–Trinajstić information content (AvgIpc) is 2.60. The molecule has 0 aliphatic heterocycles. The van der Waals surface area contributed by atoms with Crippen molar-refractivity contribution in [1.82, 2.24) is 14.8 Å². The molecule has 1 N–H and O–H groups in total. The Kier molecular flexibility index (Phi) is 3.23. The Morgan fingerprint density at radius 1 is 1.25 bits per heavy atom. The van der Waals surface area contributed by atoms with Gasteiger partial charge < -0.3 is 5.32 Å². The van der Waals surface area contributed by atoms with E-state index in [0.717, 1.165) is 0 Å². The zero-order chi connectivity index (χ0) is 11.7. The molecular formula is C9H7Cl3N4. The van der Waals surface area contributed by atoms with Crippen molar-refractivity contribution in [3.8, 4) is 0 Å². The molecule has 2 aromatic rings. The molecule has 0 aliphatic carbocycles. The zero-order valence-corrected chi connectivity index (χ0v) is 10.5. The predicted octanol–water partition coefficient (Wildman–Crippen LogP) is 3.52. The first-order valence-corrected chi connectivity index (χ1v) is 5.48. The van der Waals surface area contributed by atoms with Crippen LogP contribution in [0, 0.1) is 0 Å². The minimum absolute atomic E-state index is 0.199. The van der Waals surface area contributed by atoms with Crippen LogP contribution in [0.5, 0.6) is 0 Å². The third-order valence-electron chi connectivity index (χ3n) is 1.85. The second-order valence-corrected chi connectivity index (χ2v) is 4.26. The number of anilines is 2. The van der Waals surface area contributed by atoms with Crippen molar-refractivity contribution in [3.63, 3.8) is 0 Å². The molecule has 0 aromatic carbocycles. The topological polar surface area (TPSA) is 42.7 Å². The van der Waals surface area contributed by atoms with Crippen LogP contribution in [-0.4, -0.2) is 14.8 Å². The van der Waals surface area contributed by atoms with E-state index >= 15 is 0 Å². The van der Waals surface area contributed by atoms with Crippen molar-refractivity contribution in [2.45, 2.75) is 0 Å². The molecule has 4 nitrogen and oxygen atoms in total. The summed E-state index contributed by atoms with van der Waals surface area (Å²) in [4.78, 5) is 4.02. The summed E-state index contributed by atoms with van der Waals surface area (Å²) in [6.07, 6.45) is 1.80. The van der Waals surface area contributed by atoms with Gasteiger partial charge in [0, 0.05) is 19.3 Å². The number of nitrogens with one attached hydrogen (secondary N) is 1. The summed E-state index contributed by atoms with van der Waals surface area (Å²) >= 11 is 17.5. The summed E-state index contributed by atoms with van der Waals surface area (Å²) in [6.45, 7) is 0.